The molecule has 0 radical (unpaired) electrons. The molecule has 41 heavy (non-hydrogen) atoms. The van der Waals surface area contributed by atoms with Crippen LogP contribution in [0.2, 0.25) is 0 Å². The Morgan fingerprint density at radius 1 is 0.634 bits per heavy atom. The van der Waals surface area contributed by atoms with Crippen LogP contribution in [-0.4, -0.2) is 13.4 Å². The second-order valence-corrected chi connectivity index (χ2v) is 11.0. The molecule has 1 heterocycles. The number of aromatic nitrogens is 1. The summed E-state index contributed by atoms with van der Waals surface area (Å²) in [6.45, 7) is 4.56. The Hall–Kier alpha value is -2.57. The number of rotatable bonds is 19. The summed E-state index contributed by atoms with van der Waals surface area (Å²) in [6, 6.07) is 21.7. The molecular formula is C34H50BF4NO. The zero-order chi connectivity index (χ0) is 29.8. The van der Waals surface area contributed by atoms with Crippen LogP contribution in [0.25, 0.3) is 10.8 Å². The fraction of sp³-hybridized carbons (Fsp3) is 0.559. The van der Waals surface area contributed by atoms with Crippen LogP contribution in [0.4, 0.5) is 17.3 Å². The van der Waals surface area contributed by atoms with E-state index >= 15 is 0 Å². The molecule has 0 fully saturated rings. The quantitative estimate of drug-likeness (QED) is 0.0600. The number of unbranched alkanes of at least 4 members (excludes halogenated alkanes) is 11. The van der Waals surface area contributed by atoms with Crippen LogP contribution in [0, 0.1) is 0 Å². The number of halogens is 4. The second kappa shape index (κ2) is 20.3. The first kappa shape index (κ1) is 34.6. The average Bonchev–Trinajstić information content (AvgIpc) is 2.94. The van der Waals surface area contributed by atoms with Gasteiger partial charge >= 0.3 is 7.25 Å². The van der Waals surface area contributed by atoms with Gasteiger partial charge in [0, 0.05) is 16.9 Å². The molecule has 0 aliphatic heterocycles. The van der Waals surface area contributed by atoms with E-state index in [-0.39, 0.29) is 6.10 Å². The summed E-state index contributed by atoms with van der Waals surface area (Å²) in [5.74, 6) is 0. The molecule has 1 atom stereocenters. The van der Waals surface area contributed by atoms with E-state index in [0.717, 1.165) is 25.7 Å². The molecule has 7 heteroatoms. The van der Waals surface area contributed by atoms with Crippen molar-refractivity contribution in [2.75, 3.05) is 0 Å². The third-order valence-electron chi connectivity index (χ3n) is 7.41. The van der Waals surface area contributed by atoms with Crippen molar-refractivity contribution in [1.82, 2.24) is 0 Å². The first-order chi connectivity index (χ1) is 19.8. The van der Waals surface area contributed by atoms with Crippen molar-refractivity contribution < 1.29 is 26.8 Å². The molecule has 2 aromatic carbocycles. The Morgan fingerprint density at radius 2 is 1.20 bits per heavy atom. The lowest BCUT2D eigenvalue weighted by Crippen LogP contribution is -2.50. The van der Waals surface area contributed by atoms with Crippen molar-refractivity contribution in [3.05, 3.63) is 78.1 Å². The lowest BCUT2D eigenvalue weighted by Gasteiger charge is -2.14. The maximum absolute atomic E-state index is 9.75. The third-order valence-corrected chi connectivity index (χ3v) is 7.41. The van der Waals surface area contributed by atoms with Gasteiger partial charge in [-0.3, -0.25) is 4.84 Å². The molecule has 2 nitrogen and oxygen atoms in total. The second-order valence-electron chi connectivity index (χ2n) is 11.0. The Bertz CT molecular complexity index is 1080. The van der Waals surface area contributed by atoms with Crippen LogP contribution in [0.15, 0.2) is 66.9 Å². The van der Waals surface area contributed by atoms with Crippen molar-refractivity contribution in [1.29, 1.82) is 0 Å². The Labute approximate surface area is 245 Å². The molecular weight excluding hydrogens is 525 g/mol. The number of pyridine rings is 1. The summed E-state index contributed by atoms with van der Waals surface area (Å²) in [5, 5.41) is 2.63. The molecule has 0 saturated carbocycles. The molecule has 1 aromatic heterocycles. The van der Waals surface area contributed by atoms with Crippen LogP contribution in [-0.2, 0) is 6.42 Å². The molecule has 228 valence electrons. The summed E-state index contributed by atoms with van der Waals surface area (Å²) in [7, 11) is -6.00. The number of fused-ring (bicyclic) bond motifs is 1. The van der Waals surface area contributed by atoms with E-state index in [2.05, 4.69) is 80.7 Å². The van der Waals surface area contributed by atoms with Gasteiger partial charge in [0.1, 0.15) is 0 Å². The first-order valence-electron chi connectivity index (χ1n) is 15.8. The number of nitrogens with zero attached hydrogens (tertiary/aromatic N) is 1. The Balaban J connectivity index is 0.00000108. The van der Waals surface area contributed by atoms with Gasteiger partial charge in [-0.1, -0.05) is 133 Å². The molecule has 0 aliphatic carbocycles. The van der Waals surface area contributed by atoms with Crippen molar-refractivity contribution in [2.45, 2.75) is 123 Å². The molecule has 0 bridgehead atoms. The van der Waals surface area contributed by atoms with Crippen molar-refractivity contribution in [3.63, 3.8) is 0 Å². The van der Waals surface area contributed by atoms with E-state index in [1.54, 1.807) is 0 Å². The number of hydrogen-bond donors (Lipinski definition) is 0. The predicted molar refractivity (Wildman–Crippen MR) is 165 cm³/mol. The van der Waals surface area contributed by atoms with E-state index in [0.29, 0.717) is 0 Å². The largest absolute Gasteiger partial charge is 0.673 e. The fourth-order valence-electron chi connectivity index (χ4n) is 5.29. The van der Waals surface area contributed by atoms with Gasteiger partial charge in [0.2, 0.25) is 11.9 Å². The van der Waals surface area contributed by atoms with Gasteiger partial charge < -0.3 is 17.3 Å². The number of hydrogen-bond acceptors (Lipinski definition) is 1. The maximum Gasteiger partial charge on any atom is 0.673 e. The summed E-state index contributed by atoms with van der Waals surface area (Å²) < 4.78 is 41.0. The van der Waals surface area contributed by atoms with Gasteiger partial charge in [0.25, 0.3) is 0 Å². The summed E-state index contributed by atoms with van der Waals surface area (Å²) in [4.78, 5) is 6.59. The molecule has 0 N–H and O–H groups in total. The van der Waals surface area contributed by atoms with Crippen molar-refractivity contribution in [3.8, 4) is 0 Å². The summed E-state index contributed by atoms with van der Waals surface area (Å²) in [6.07, 6.45) is 23.4. The molecule has 3 rings (SSSR count). The van der Waals surface area contributed by atoms with Gasteiger partial charge in [-0.15, -0.1) is 0 Å². The summed E-state index contributed by atoms with van der Waals surface area (Å²) >= 11 is 0. The van der Waals surface area contributed by atoms with Gasteiger partial charge in [-0.25, -0.2) is 0 Å². The zero-order valence-corrected chi connectivity index (χ0v) is 25.2. The highest BCUT2D eigenvalue weighted by Gasteiger charge is 2.21. The van der Waals surface area contributed by atoms with Crippen LogP contribution in [0.3, 0.4) is 0 Å². The normalized spacial score (nSPS) is 12.1. The van der Waals surface area contributed by atoms with Crippen molar-refractivity contribution in [2.24, 2.45) is 0 Å². The monoisotopic (exact) mass is 575 g/mol. The van der Waals surface area contributed by atoms with Gasteiger partial charge in [0.05, 0.1) is 6.42 Å². The standard InChI is InChI=1S/C34H50NO.BF4/c1-3-5-6-7-8-9-10-11-12-13-14-15-26-33(21-4-2)36-35-28-19-18-25-32(35)29-31-24-20-23-30-22-16-17-27-34(30)31;2-1(3,4)5/h16-20,22-25,27-28,33H,3-15,21,26,29H2,1-2H3;/q+1;-1. The van der Waals surface area contributed by atoms with Gasteiger partial charge in [0.15, 0.2) is 6.10 Å². The van der Waals surface area contributed by atoms with E-state index < -0.39 is 7.25 Å². The predicted octanol–water partition coefficient (Wildman–Crippen LogP) is 10.7. The molecule has 0 aliphatic rings. The van der Waals surface area contributed by atoms with Gasteiger partial charge in [-0.05, 0) is 41.7 Å². The van der Waals surface area contributed by atoms with Gasteiger partial charge in [-0.2, -0.15) is 0 Å². The lowest BCUT2D eigenvalue weighted by molar-refractivity contribution is -0.903. The minimum atomic E-state index is -6.00. The Morgan fingerprint density at radius 3 is 1.83 bits per heavy atom. The zero-order valence-electron chi connectivity index (χ0n) is 25.2. The van der Waals surface area contributed by atoms with Crippen LogP contribution in [0.1, 0.15) is 121 Å². The van der Waals surface area contributed by atoms with Crippen LogP contribution < -0.4 is 9.57 Å². The average molecular weight is 576 g/mol. The smallest absolute Gasteiger partial charge is 0.418 e. The highest BCUT2D eigenvalue weighted by molar-refractivity contribution is 6.50. The highest BCUT2D eigenvalue weighted by atomic mass is 19.5. The minimum absolute atomic E-state index is 0.289. The van der Waals surface area contributed by atoms with E-state index in [1.165, 1.54) is 99.1 Å². The first-order valence-corrected chi connectivity index (χ1v) is 15.8. The minimum Gasteiger partial charge on any atom is -0.418 e. The van der Waals surface area contributed by atoms with E-state index in [9.17, 15) is 17.3 Å². The number of benzene rings is 2. The third kappa shape index (κ3) is 15.9. The topological polar surface area (TPSA) is 13.1 Å². The van der Waals surface area contributed by atoms with E-state index in [1.807, 2.05) is 4.73 Å². The molecule has 0 spiro atoms. The molecule has 0 amide bonds. The molecule has 3 aromatic rings. The van der Waals surface area contributed by atoms with Crippen molar-refractivity contribution >= 4 is 18.0 Å². The van der Waals surface area contributed by atoms with E-state index in [4.69, 9.17) is 4.84 Å². The molecule has 1 unspecified atom stereocenters. The Kier molecular flexibility index (Phi) is 17.2. The molecule has 0 saturated heterocycles. The SMILES string of the molecule is CCCCCCCCCCCCCCC(CCC)O[n+]1ccccc1Cc1cccc2ccccc12.F[B-](F)(F)F. The highest BCUT2D eigenvalue weighted by Crippen LogP contribution is 2.21. The fourth-order valence-corrected chi connectivity index (χ4v) is 5.29. The lowest BCUT2D eigenvalue weighted by atomic mass is 10.0. The summed E-state index contributed by atoms with van der Waals surface area (Å²) in [5.41, 5.74) is 2.56. The van der Waals surface area contributed by atoms with Crippen LogP contribution in [0.5, 0.6) is 0 Å². The van der Waals surface area contributed by atoms with Crippen LogP contribution >= 0.6 is 0 Å². The maximum atomic E-state index is 9.75.